The van der Waals surface area contributed by atoms with Crippen LogP contribution in [0.3, 0.4) is 0 Å². The highest BCUT2D eigenvalue weighted by atomic mass is 16.2. The predicted molar refractivity (Wildman–Crippen MR) is 71.9 cm³/mol. The van der Waals surface area contributed by atoms with Crippen LogP contribution in [0.15, 0.2) is 0 Å². The SMILES string of the molecule is CC1(C)CCCNC1.CC1(C)CCCNC1=O. The molecule has 0 unspecified atom stereocenters. The zero-order chi connectivity index (χ0) is 12.9. The molecule has 0 aliphatic carbocycles. The Morgan fingerprint density at radius 1 is 1.00 bits per heavy atom. The van der Waals surface area contributed by atoms with Gasteiger partial charge in [0.25, 0.3) is 0 Å². The van der Waals surface area contributed by atoms with E-state index in [2.05, 4.69) is 24.5 Å². The molecule has 0 radical (unpaired) electrons. The Hall–Kier alpha value is -0.570. The average molecular weight is 240 g/mol. The molecule has 17 heavy (non-hydrogen) atoms. The lowest BCUT2D eigenvalue weighted by Gasteiger charge is -2.29. The van der Waals surface area contributed by atoms with E-state index >= 15 is 0 Å². The average Bonchev–Trinajstić information content (AvgIpc) is 2.23. The van der Waals surface area contributed by atoms with Crippen molar-refractivity contribution in [2.45, 2.75) is 53.4 Å². The minimum Gasteiger partial charge on any atom is -0.356 e. The summed E-state index contributed by atoms with van der Waals surface area (Å²) < 4.78 is 0. The first-order valence-electron chi connectivity index (χ1n) is 6.83. The van der Waals surface area contributed by atoms with Gasteiger partial charge >= 0.3 is 0 Å². The molecule has 2 rings (SSSR count). The van der Waals surface area contributed by atoms with Gasteiger partial charge in [-0.15, -0.1) is 0 Å². The molecule has 2 heterocycles. The van der Waals surface area contributed by atoms with Crippen LogP contribution in [0, 0.1) is 10.8 Å². The maximum Gasteiger partial charge on any atom is 0.225 e. The molecule has 0 bridgehead atoms. The van der Waals surface area contributed by atoms with E-state index in [4.69, 9.17) is 0 Å². The lowest BCUT2D eigenvalue weighted by atomic mass is 9.84. The summed E-state index contributed by atoms with van der Waals surface area (Å²) in [6.07, 6.45) is 4.89. The third kappa shape index (κ3) is 5.07. The van der Waals surface area contributed by atoms with Gasteiger partial charge in [0, 0.05) is 18.5 Å². The number of nitrogens with one attached hydrogen (secondary N) is 2. The topological polar surface area (TPSA) is 41.1 Å². The van der Waals surface area contributed by atoms with Gasteiger partial charge in [-0.05, 0) is 37.6 Å². The van der Waals surface area contributed by atoms with Crippen molar-refractivity contribution < 1.29 is 4.79 Å². The van der Waals surface area contributed by atoms with Gasteiger partial charge in [0.05, 0.1) is 0 Å². The number of piperidine rings is 2. The largest absolute Gasteiger partial charge is 0.356 e. The highest BCUT2D eigenvalue weighted by Gasteiger charge is 2.29. The Balaban J connectivity index is 0.000000171. The molecule has 0 atom stereocenters. The molecule has 0 spiro atoms. The van der Waals surface area contributed by atoms with Gasteiger partial charge in [-0.2, -0.15) is 0 Å². The van der Waals surface area contributed by atoms with E-state index in [1.54, 1.807) is 0 Å². The summed E-state index contributed by atoms with van der Waals surface area (Å²) >= 11 is 0. The van der Waals surface area contributed by atoms with Crippen LogP contribution in [0.4, 0.5) is 0 Å². The summed E-state index contributed by atoms with van der Waals surface area (Å²) in [6.45, 7) is 11.9. The number of amides is 1. The predicted octanol–water partition coefficient (Wildman–Crippen LogP) is 2.32. The molecule has 1 amide bonds. The maximum absolute atomic E-state index is 11.0. The second-order valence-electron chi connectivity index (χ2n) is 6.69. The summed E-state index contributed by atoms with van der Waals surface area (Å²) in [5.41, 5.74) is 0.455. The fraction of sp³-hybridized carbons (Fsp3) is 0.929. The maximum atomic E-state index is 11.0. The number of carbonyl (C=O) groups is 1. The fourth-order valence-electron chi connectivity index (χ4n) is 2.29. The normalized spacial score (nSPS) is 26.5. The van der Waals surface area contributed by atoms with Crippen molar-refractivity contribution in [1.29, 1.82) is 0 Å². The molecule has 0 aromatic carbocycles. The van der Waals surface area contributed by atoms with Crippen LogP contribution in [0.5, 0.6) is 0 Å². The van der Waals surface area contributed by atoms with Crippen LogP contribution in [-0.2, 0) is 4.79 Å². The first kappa shape index (κ1) is 14.5. The van der Waals surface area contributed by atoms with Crippen molar-refractivity contribution in [3.8, 4) is 0 Å². The molecular weight excluding hydrogens is 212 g/mol. The van der Waals surface area contributed by atoms with Gasteiger partial charge < -0.3 is 10.6 Å². The molecule has 2 N–H and O–H groups in total. The Morgan fingerprint density at radius 3 is 1.94 bits per heavy atom. The number of hydrogen-bond acceptors (Lipinski definition) is 2. The van der Waals surface area contributed by atoms with Crippen LogP contribution in [0.25, 0.3) is 0 Å². The first-order valence-corrected chi connectivity index (χ1v) is 6.83. The van der Waals surface area contributed by atoms with E-state index in [0.717, 1.165) is 19.4 Å². The van der Waals surface area contributed by atoms with Crippen molar-refractivity contribution in [2.24, 2.45) is 10.8 Å². The number of carbonyl (C=O) groups excluding carboxylic acids is 1. The zero-order valence-electron chi connectivity index (χ0n) is 11.9. The van der Waals surface area contributed by atoms with E-state index < -0.39 is 0 Å². The fourth-order valence-corrected chi connectivity index (χ4v) is 2.29. The number of hydrogen-bond donors (Lipinski definition) is 2. The minimum atomic E-state index is -0.113. The molecule has 3 nitrogen and oxygen atoms in total. The first-order chi connectivity index (χ1) is 7.83. The Kier molecular flexibility index (Phi) is 4.99. The second kappa shape index (κ2) is 5.85. The molecule has 2 aliphatic rings. The van der Waals surface area contributed by atoms with Crippen LogP contribution in [-0.4, -0.2) is 25.5 Å². The number of rotatable bonds is 0. The van der Waals surface area contributed by atoms with Gasteiger partial charge in [0.2, 0.25) is 5.91 Å². The van der Waals surface area contributed by atoms with Crippen molar-refractivity contribution in [1.82, 2.24) is 10.6 Å². The summed E-state index contributed by atoms with van der Waals surface area (Å²) in [5.74, 6) is 0.203. The van der Waals surface area contributed by atoms with Gasteiger partial charge in [-0.25, -0.2) is 0 Å². The molecule has 0 saturated carbocycles. The van der Waals surface area contributed by atoms with Gasteiger partial charge in [0.1, 0.15) is 0 Å². The Bertz CT molecular complexity index is 251. The standard InChI is InChI=1S/C7H13NO.C7H15N/c1-7(2)4-3-5-8-6(7)9;1-7(2)4-3-5-8-6-7/h3-5H2,1-2H3,(H,8,9);8H,3-6H2,1-2H3. The van der Waals surface area contributed by atoms with Crippen LogP contribution >= 0.6 is 0 Å². The quantitative estimate of drug-likeness (QED) is 0.682. The monoisotopic (exact) mass is 240 g/mol. The van der Waals surface area contributed by atoms with E-state index in [0.29, 0.717) is 5.41 Å². The van der Waals surface area contributed by atoms with Crippen molar-refractivity contribution >= 4 is 5.91 Å². The molecule has 0 aromatic heterocycles. The van der Waals surface area contributed by atoms with E-state index in [1.807, 2.05) is 13.8 Å². The lowest BCUT2D eigenvalue weighted by molar-refractivity contribution is -0.131. The van der Waals surface area contributed by atoms with Crippen molar-refractivity contribution in [3.63, 3.8) is 0 Å². The third-order valence-corrected chi connectivity index (χ3v) is 3.69. The summed E-state index contributed by atoms with van der Waals surface area (Å²) in [4.78, 5) is 11.0. The lowest BCUT2D eigenvalue weighted by Crippen LogP contribution is -2.42. The van der Waals surface area contributed by atoms with Crippen molar-refractivity contribution in [2.75, 3.05) is 19.6 Å². The molecule has 0 aromatic rings. The highest BCUT2D eigenvalue weighted by Crippen LogP contribution is 2.24. The molecule has 2 aliphatic heterocycles. The molecule has 100 valence electrons. The van der Waals surface area contributed by atoms with Gasteiger partial charge in [-0.3, -0.25) is 4.79 Å². The minimum absolute atomic E-state index is 0.113. The van der Waals surface area contributed by atoms with Crippen LogP contribution in [0.1, 0.15) is 53.4 Å². The molecule has 2 saturated heterocycles. The smallest absolute Gasteiger partial charge is 0.225 e. The van der Waals surface area contributed by atoms with Crippen LogP contribution < -0.4 is 10.6 Å². The molecule has 2 fully saturated rings. The van der Waals surface area contributed by atoms with Gasteiger partial charge in [-0.1, -0.05) is 27.7 Å². The second-order valence-corrected chi connectivity index (χ2v) is 6.69. The highest BCUT2D eigenvalue weighted by molar-refractivity contribution is 5.82. The Labute approximate surface area is 106 Å². The Morgan fingerprint density at radius 2 is 1.65 bits per heavy atom. The van der Waals surface area contributed by atoms with Gasteiger partial charge in [0.15, 0.2) is 0 Å². The van der Waals surface area contributed by atoms with Crippen LogP contribution in [0.2, 0.25) is 0 Å². The summed E-state index contributed by atoms with van der Waals surface area (Å²) in [6, 6.07) is 0. The van der Waals surface area contributed by atoms with E-state index in [9.17, 15) is 4.79 Å². The summed E-state index contributed by atoms with van der Waals surface area (Å²) in [7, 11) is 0. The molecule has 3 heteroatoms. The molecular formula is C14H28N2O. The van der Waals surface area contributed by atoms with Crippen molar-refractivity contribution in [3.05, 3.63) is 0 Å². The van der Waals surface area contributed by atoms with E-state index in [-0.39, 0.29) is 11.3 Å². The van der Waals surface area contributed by atoms with E-state index in [1.165, 1.54) is 25.9 Å². The zero-order valence-corrected chi connectivity index (χ0v) is 11.9. The third-order valence-electron chi connectivity index (χ3n) is 3.69. The summed E-state index contributed by atoms with van der Waals surface area (Å²) in [5, 5.41) is 6.21.